The van der Waals surface area contributed by atoms with Gasteiger partial charge in [-0.25, -0.2) is 15.0 Å². The number of fused-ring (bicyclic) bond motifs is 1. The molecule has 24 heavy (non-hydrogen) atoms. The van der Waals surface area contributed by atoms with Crippen molar-refractivity contribution in [2.75, 3.05) is 38.7 Å². The molecule has 1 aliphatic rings. The Balaban J connectivity index is 1.72. The highest BCUT2D eigenvalue weighted by Crippen LogP contribution is 2.30. The molecule has 1 fully saturated rings. The van der Waals surface area contributed by atoms with Crippen LogP contribution in [0.25, 0.3) is 11.2 Å². The molecule has 10 heteroatoms. The second kappa shape index (κ2) is 6.89. The maximum atomic E-state index is 12.9. The van der Waals surface area contributed by atoms with Crippen LogP contribution in [0.1, 0.15) is 18.7 Å². The van der Waals surface area contributed by atoms with Crippen LogP contribution < -0.4 is 5.32 Å². The Bertz CT molecular complexity index is 681. The van der Waals surface area contributed by atoms with Crippen molar-refractivity contribution in [1.29, 1.82) is 0 Å². The number of ether oxygens (including phenoxy) is 1. The van der Waals surface area contributed by atoms with E-state index in [0.717, 1.165) is 32.5 Å². The number of piperidine rings is 1. The number of likely N-dealkylation sites (tertiary alicyclic amines) is 1. The highest BCUT2D eigenvalue weighted by atomic mass is 19.4. The van der Waals surface area contributed by atoms with Gasteiger partial charge in [-0.2, -0.15) is 13.2 Å². The number of aromatic nitrogens is 4. The van der Waals surface area contributed by atoms with Crippen LogP contribution in [-0.2, 0) is 10.9 Å². The number of imidazole rings is 1. The number of H-pyrrole nitrogens is 1. The lowest BCUT2D eigenvalue weighted by Gasteiger charge is -2.32. The molecule has 0 radical (unpaired) electrons. The monoisotopic (exact) mass is 344 g/mol. The SMILES string of the molecule is COCCN1CCC(Nc2nc(C(F)(F)F)nc3nc[nH]c23)CC1. The molecule has 132 valence electrons. The van der Waals surface area contributed by atoms with Crippen LogP contribution in [0.3, 0.4) is 0 Å². The van der Waals surface area contributed by atoms with E-state index in [1.165, 1.54) is 6.33 Å². The van der Waals surface area contributed by atoms with E-state index < -0.39 is 12.0 Å². The van der Waals surface area contributed by atoms with Gasteiger partial charge < -0.3 is 19.9 Å². The van der Waals surface area contributed by atoms with Gasteiger partial charge in [0.2, 0.25) is 5.82 Å². The molecule has 1 aliphatic heterocycles. The fourth-order valence-corrected chi connectivity index (χ4v) is 2.78. The van der Waals surface area contributed by atoms with Crippen molar-refractivity contribution in [2.24, 2.45) is 0 Å². The first-order chi connectivity index (χ1) is 11.5. The topological polar surface area (TPSA) is 79.0 Å². The average Bonchev–Trinajstić information content (AvgIpc) is 3.02. The Morgan fingerprint density at radius 3 is 2.75 bits per heavy atom. The second-order valence-corrected chi connectivity index (χ2v) is 5.75. The Kier molecular flexibility index (Phi) is 4.86. The van der Waals surface area contributed by atoms with Gasteiger partial charge in [-0.05, 0) is 12.8 Å². The van der Waals surface area contributed by atoms with Crippen LogP contribution in [0.5, 0.6) is 0 Å². The Hall–Kier alpha value is -1.94. The Labute approximate surface area is 136 Å². The van der Waals surface area contributed by atoms with Gasteiger partial charge >= 0.3 is 6.18 Å². The molecule has 0 bridgehead atoms. The number of nitrogens with one attached hydrogen (secondary N) is 2. The molecule has 2 aromatic heterocycles. The largest absolute Gasteiger partial charge is 0.451 e. The first kappa shape index (κ1) is 16.9. The summed E-state index contributed by atoms with van der Waals surface area (Å²) in [6.45, 7) is 3.27. The van der Waals surface area contributed by atoms with Crippen LogP contribution in [-0.4, -0.2) is 64.2 Å². The zero-order valence-electron chi connectivity index (χ0n) is 13.2. The minimum Gasteiger partial charge on any atom is -0.383 e. The summed E-state index contributed by atoms with van der Waals surface area (Å²) in [7, 11) is 1.66. The number of aromatic amines is 1. The fraction of sp³-hybridized carbons (Fsp3) is 0.643. The number of hydrogen-bond acceptors (Lipinski definition) is 6. The maximum absolute atomic E-state index is 12.9. The molecule has 2 aromatic rings. The lowest BCUT2D eigenvalue weighted by atomic mass is 10.1. The molecule has 1 saturated heterocycles. The van der Waals surface area contributed by atoms with E-state index in [1.54, 1.807) is 7.11 Å². The predicted molar refractivity (Wildman–Crippen MR) is 81.6 cm³/mol. The van der Waals surface area contributed by atoms with Crippen LogP contribution >= 0.6 is 0 Å². The van der Waals surface area contributed by atoms with Gasteiger partial charge in [0.05, 0.1) is 12.9 Å². The Morgan fingerprint density at radius 1 is 1.33 bits per heavy atom. The van der Waals surface area contributed by atoms with Gasteiger partial charge in [-0.3, -0.25) is 0 Å². The van der Waals surface area contributed by atoms with Gasteiger partial charge in [0.25, 0.3) is 0 Å². The minimum atomic E-state index is -4.60. The van der Waals surface area contributed by atoms with Crippen molar-refractivity contribution in [3.05, 3.63) is 12.2 Å². The van der Waals surface area contributed by atoms with Crippen LogP contribution in [0.4, 0.5) is 19.0 Å². The summed E-state index contributed by atoms with van der Waals surface area (Å²) in [4.78, 5) is 16.0. The first-order valence-corrected chi connectivity index (χ1v) is 7.73. The van der Waals surface area contributed by atoms with E-state index in [-0.39, 0.29) is 17.5 Å². The summed E-state index contributed by atoms with van der Waals surface area (Å²) in [6.07, 6.45) is -1.64. The van der Waals surface area contributed by atoms with Crippen molar-refractivity contribution in [3.8, 4) is 0 Å². The van der Waals surface area contributed by atoms with E-state index in [9.17, 15) is 13.2 Å². The number of rotatable bonds is 5. The van der Waals surface area contributed by atoms with E-state index in [2.05, 4.69) is 30.2 Å². The molecule has 0 aromatic carbocycles. The summed E-state index contributed by atoms with van der Waals surface area (Å²) in [5, 5.41) is 3.12. The maximum Gasteiger partial charge on any atom is 0.451 e. The molecule has 0 atom stereocenters. The number of halogens is 3. The Morgan fingerprint density at radius 2 is 2.08 bits per heavy atom. The van der Waals surface area contributed by atoms with Crippen molar-refractivity contribution >= 4 is 17.0 Å². The summed E-state index contributed by atoms with van der Waals surface area (Å²) < 4.78 is 43.9. The molecule has 0 spiro atoms. The number of methoxy groups -OCH3 is 1. The third kappa shape index (κ3) is 3.75. The van der Waals surface area contributed by atoms with Crippen molar-refractivity contribution in [2.45, 2.75) is 25.1 Å². The van der Waals surface area contributed by atoms with Crippen molar-refractivity contribution in [1.82, 2.24) is 24.8 Å². The summed E-state index contributed by atoms with van der Waals surface area (Å²) in [6, 6.07) is 0.0614. The van der Waals surface area contributed by atoms with E-state index >= 15 is 0 Å². The fourth-order valence-electron chi connectivity index (χ4n) is 2.78. The smallest absolute Gasteiger partial charge is 0.383 e. The molecule has 3 heterocycles. The van der Waals surface area contributed by atoms with Crippen molar-refractivity contribution in [3.63, 3.8) is 0 Å². The normalized spacial score (nSPS) is 17.5. The van der Waals surface area contributed by atoms with Gasteiger partial charge in [-0.1, -0.05) is 0 Å². The number of anilines is 1. The molecular formula is C14H19F3N6O. The number of hydrogen-bond donors (Lipinski definition) is 2. The van der Waals surface area contributed by atoms with E-state index in [4.69, 9.17) is 4.74 Å². The highest BCUT2D eigenvalue weighted by molar-refractivity contribution is 5.82. The zero-order valence-corrected chi connectivity index (χ0v) is 13.2. The average molecular weight is 344 g/mol. The number of alkyl halides is 3. The molecular weight excluding hydrogens is 325 g/mol. The van der Waals surface area contributed by atoms with Crippen LogP contribution in [0.15, 0.2) is 6.33 Å². The zero-order chi connectivity index (χ0) is 17.2. The third-order valence-corrected chi connectivity index (χ3v) is 4.08. The lowest BCUT2D eigenvalue weighted by molar-refractivity contribution is -0.144. The lowest BCUT2D eigenvalue weighted by Crippen LogP contribution is -2.40. The molecule has 0 amide bonds. The quantitative estimate of drug-likeness (QED) is 0.862. The van der Waals surface area contributed by atoms with E-state index in [1.807, 2.05) is 0 Å². The standard InChI is InChI=1S/C14H19F3N6O/c1-24-7-6-23-4-2-9(3-5-23)20-12-10-11(19-8-18-10)21-13(22-12)14(15,16)17/h8-9H,2-7H2,1H3,(H2,18,19,20,21,22). The van der Waals surface area contributed by atoms with Crippen LogP contribution in [0, 0.1) is 0 Å². The highest BCUT2D eigenvalue weighted by Gasteiger charge is 2.36. The molecule has 7 nitrogen and oxygen atoms in total. The molecule has 0 saturated carbocycles. The molecule has 0 aliphatic carbocycles. The number of nitrogens with zero attached hydrogens (tertiary/aromatic N) is 4. The molecule has 3 rings (SSSR count). The van der Waals surface area contributed by atoms with E-state index in [0.29, 0.717) is 12.1 Å². The first-order valence-electron chi connectivity index (χ1n) is 7.73. The van der Waals surface area contributed by atoms with Gasteiger partial charge in [0, 0.05) is 32.8 Å². The third-order valence-electron chi connectivity index (χ3n) is 4.08. The molecule has 0 unspecified atom stereocenters. The summed E-state index contributed by atoms with van der Waals surface area (Å²) in [5.41, 5.74) is 0.405. The second-order valence-electron chi connectivity index (χ2n) is 5.75. The molecule has 2 N–H and O–H groups in total. The minimum absolute atomic E-state index is 0.0114. The summed E-state index contributed by atoms with van der Waals surface area (Å²) >= 11 is 0. The van der Waals surface area contributed by atoms with Gasteiger partial charge in [-0.15, -0.1) is 0 Å². The summed E-state index contributed by atoms with van der Waals surface area (Å²) in [5.74, 6) is -1.03. The van der Waals surface area contributed by atoms with Crippen molar-refractivity contribution < 1.29 is 17.9 Å². The van der Waals surface area contributed by atoms with Gasteiger partial charge in [0.15, 0.2) is 11.5 Å². The predicted octanol–water partition coefficient (Wildman–Crippen LogP) is 1.89. The van der Waals surface area contributed by atoms with Crippen LogP contribution in [0.2, 0.25) is 0 Å². The van der Waals surface area contributed by atoms with Gasteiger partial charge in [0.1, 0.15) is 5.52 Å².